The molecule has 0 atom stereocenters. The molecule has 184 valence electrons. The molecular formula is C26H34FN3O3S. The molecule has 0 unspecified atom stereocenters. The van der Waals surface area contributed by atoms with E-state index in [1.54, 1.807) is 28.6 Å². The van der Waals surface area contributed by atoms with Gasteiger partial charge in [-0.1, -0.05) is 26.0 Å². The highest BCUT2D eigenvalue weighted by atomic mass is 32.2. The topological polar surface area (TPSA) is 69.7 Å². The molecule has 0 radical (unpaired) electrons. The molecule has 0 bridgehead atoms. The van der Waals surface area contributed by atoms with Gasteiger partial charge in [0.05, 0.1) is 5.69 Å². The smallest absolute Gasteiger partial charge is 0.251 e. The van der Waals surface area contributed by atoms with Gasteiger partial charge in [-0.25, -0.2) is 12.8 Å². The molecule has 0 aliphatic carbocycles. The van der Waals surface area contributed by atoms with E-state index in [9.17, 15) is 17.6 Å². The summed E-state index contributed by atoms with van der Waals surface area (Å²) in [6.07, 6.45) is 3.69. The van der Waals surface area contributed by atoms with Crippen molar-refractivity contribution in [2.24, 2.45) is 11.8 Å². The van der Waals surface area contributed by atoms with Crippen molar-refractivity contribution in [1.82, 2.24) is 9.62 Å². The van der Waals surface area contributed by atoms with Crippen molar-refractivity contribution in [3.05, 3.63) is 59.4 Å². The molecule has 2 saturated heterocycles. The second-order valence-electron chi connectivity index (χ2n) is 9.75. The van der Waals surface area contributed by atoms with Gasteiger partial charge >= 0.3 is 0 Å². The van der Waals surface area contributed by atoms with Crippen LogP contribution >= 0.6 is 0 Å². The first-order chi connectivity index (χ1) is 16.2. The van der Waals surface area contributed by atoms with E-state index in [4.69, 9.17) is 0 Å². The minimum Gasteiger partial charge on any atom is -0.370 e. The Hall–Kier alpha value is -2.45. The molecule has 0 spiro atoms. The normalized spacial score (nSPS) is 18.7. The third-order valence-corrected chi connectivity index (χ3v) is 8.98. The van der Waals surface area contributed by atoms with Gasteiger partial charge in [0.2, 0.25) is 10.0 Å². The van der Waals surface area contributed by atoms with Crippen molar-refractivity contribution in [1.29, 1.82) is 0 Å². The molecule has 1 N–H and O–H groups in total. The standard InChI is InChI=1S/C26H34FN3O3S/c1-19-8-12-29(13-9-19)24-7-6-22(26(31)28-18-21-4-3-5-23(27)16-21)17-25(24)34(32,33)30-14-10-20(2)11-15-30/h3-7,16-17,19-20H,8-15,18H2,1-2H3,(H,28,31). The van der Waals surface area contributed by atoms with Crippen molar-refractivity contribution in [3.63, 3.8) is 0 Å². The maximum absolute atomic E-state index is 13.7. The van der Waals surface area contributed by atoms with Crippen LogP contribution < -0.4 is 10.2 Å². The average Bonchev–Trinajstić information content (AvgIpc) is 2.83. The summed E-state index contributed by atoms with van der Waals surface area (Å²) in [4.78, 5) is 15.2. The van der Waals surface area contributed by atoms with Gasteiger partial charge in [-0.2, -0.15) is 4.31 Å². The molecule has 8 heteroatoms. The molecule has 1 amide bonds. The zero-order chi connectivity index (χ0) is 24.3. The Morgan fingerprint density at radius 2 is 1.62 bits per heavy atom. The van der Waals surface area contributed by atoms with Crippen LogP contribution in [-0.2, 0) is 16.6 Å². The van der Waals surface area contributed by atoms with Crippen LogP contribution in [0, 0.1) is 17.7 Å². The van der Waals surface area contributed by atoms with E-state index < -0.39 is 10.0 Å². The van der Waals surface area contributed by atoms with Crippen molar-refractivity contribution >= 4 is 21.6 Å². The summed E-state index contributed by atoms with van der Waals surface area (Å²) in [5.74, 6) is 0.380. The van der Waals surface area contributed by atoms with Crippen LogP contribution in [0.2, 0.25) is 0 Å². The number of carbonyl (C=O) groups is 1. The van der Waals surface area contributed by atoms with Crippen molar-refractivity contribution in [2.75, 3.05) is 31.1 Å². The second-order valence-corrected chi connectivity index (χ2v) is 11.7. The zero-order valence-corrected chi connectivity index (χ0v) is 20.8. The van der Waals surface area contributed by atoms with E-state index in [0.29, 0.717) is 36.2 Å². The zero-order valence-electron chi connectivity index (χ0n) is 20.0. The third-order valence-electron chi connectivity index (χ3n) is 7.05. The van der Waals surface area contributed by atoms with Crippen LogP contribution in [-0.4, -0.2) is 44.8 Å². The Morgan fingerprint density at radius 1 is 0.971 bits per heavy atom. The molecule has 2 aliphatic rings. The van der Waals surface area contributed by atoms with Gasteiger partial charge in [0.15, 0.2) is 0 Å². The molecule has 2 aromatic carbocycles. The number of hydrogen-bond acceptors (Lipinski definition) is 4. The number of anilines is 1. The minimum atomic E-state index is -3.75. The fourth-order valence-corrected chi connectivity index (χ4v) is 6.38. The number of benzene rings is 2. The van der Waals surface area contributed by atoms with Gasteiger partial charge < -0.3 is 10.2 Å². The molecule has 2 aliphatic heterocycles. The van der Waals surface area contributed by atoms with E-state index in [2.05, 4.69) is 24.1 Å². The average molecular weight is 488 g/mol. The fraction of sp³-hybridized carbons (Fsp3) is 0.500. The van der Waals surface area contributed by atoms with E-state index in [1.807, 2.05) is 0 Å². The Bertz CT molecular complexity index is 1120. The fourth-order valence-electron chi connectivity index (χ4n) is 4.67. The van der Waals surface area contributed by atoms with E-state index >= 15 is 0 Å². The maximum atomic E-state index is 13.7. The number of carbonyl (C=O) groups excluding carboxylic acids is 1. The lowest BCUT2D eigenvalue weighted by Crippen LogP contribution is -2.40. The van der Waals surface area contributed by atoms with Crippen molar-refractivity contribution < 1.29 is 17.6 Å². The largest absolute Gasteiger partial charge is 0.370 e. The number of hydrogen-bond donors (Lipinski definition) is 1. The molecule has 0 saturated carbocycles. The van der Waals surface area contributed by atoms with Crippen LogP contribution in [0.3, 0.4) is 0 Å². The maximum Gasteiger partial charge on any atom is 0.251 e. The highest BCUT2D eigenvalue weighted by molar-refractivity contribution is 7.89. The van der Waals surface area contributed by atoms with Gasteiger partial charge in [-0.15, -0.1) is 0 Å². The number of nitrogens with zero attached hydrogens (tertiary/aromatic N) is 2. The lowest BCUT2D eigenvalue weighted by molar-refractivity contribution is 0.0950. The van der Waals surface area contributed by atoms with Gasteiger partial charge in [0.25, 0.3) is 5.91 Å². The molecule has 0 aromatic heterocycles. The third kappa shape index (κ3) is 5.61. The predicted molar refractivity (Wildman–Crippen MR) is 132 cm³/mol. The molecule has 4 rings (SSSR count). The van der Waals surface area contributed by atoms with Crippen LogP contribution in [0.1, 0.15) is 55.5 Å². The number of amides is 1. The van der Waals surface area contributed by atoms with Crippen LogP contribution in [0.15, 0.2) is 47.4 Å². The van der Waals surface area contributed by atoms with Crippen LogP contribution in [0.25, 0.3) is 0 Å². The molecule has 2 aromatic rings. The Kier molecular flexibility index (Phi) is 7.57. The summed E-state index contributed by atoms with van der Waals surface area (Å²) < 4.78 is 42.5. The highest BCUT2D eigenvalue weighted by Gasteiger charge is 2.32. The Morgan fingerprint density at radius 3 is 2.26 bits per heavy atom. The van der Waals surface area contributed by atoms with E-state index in [1.165, 1.54) is 18.2 Å². The van der Waals surface area contributed by atoms with Crippen molar-refractivity contribution in [2.45, 2.75) is 51.0 Å². The lowest BCUT2D eigenvalue weighted by Gasteiger charge is -2.35. The first-order valence-corrected chi connectivity index (χ1v) is 13.6. The monoisotopic (exact) mass is 487 g/mol. The molecule has 2 heterocycles. The highest BCUT2D eigenvalue weighted by Crippen LogP contribution is 2.33. The SMILES string of the molecule is CC1CCN(c2ccc(C(=O)NCc3cccc(F)c3)cc2S(=O)(=O)N2CCC(C)CC2)CC1. The number of sulfonamides is 1. The number of halogens is 1. The van der Waals surface area contributed by atoms with Gasteiger partial charge in [0.1, 0.15) is 10.7 Å². The molecule has 2 fully saturated rings. The second kappa shape index (κ2) is 10.4. The van der Waals surface area contributed by atoms with Crippen molar-refractivity contribution in [3.8, 4) is 0 Å². The van der Waals surface area contributed by atoms with Crippen LogP contribution in [0.4, 0.5) is 10.1 Å². The first kappa shape index (κ1) is 24.7. The quantitative estimate of drug-likeness (QED) is 0.655. The van der Waals surface area contributed by atoms with Gasteiger partial charge in [0, 0.05) is 38.3 Å². The summed E-state index contributed by atoms with van der Waals surface area (Å²) in [6.45, 7) is 7.11. The number of rotatable bonds is 6. The van der Waals surface area contributed by atoms with E-state index in [0.717, 1.165) is 38.8 Å². The van der Waals surface area contributed by atoms with E-state index in [-0.39, 0.29) is 28.7 Å². The minimum absolute atomic E-state index is 0.161. The lowest BCUT2D eigenvalue weighted by atomic mass is 9.98. The summed E-state index contributed by atoms with van der Waals surface area (Å²) >= 11 is 0. The number of piperidine rings is 2. The molecule has 34 heavy (non-hydrogen) atoms. The Labute approximate surface area is 202 Å². The number of nitrogens with one attached hydrogen (secondary N) is 1. The summed E-state index contributed by atoms with van der Waals surface area (Å²) in [5.41, 5.74) is 1.60. The first-order valence-electron chi connectivity index (χ1n) is 12.2. The Balaban J connectivity index is 1.62. The molecule has 6 nitrogen and oxygen atoms in total. The summed E-state index contributed by atoms with van der Waals surface area (Å²) in [6, 6.07) is 11.0. The van der Waals surface area contributed by atoms with Gasteiger partial charge in [-0.05, 0) is 73.4 Å². The molecular weight excluding hydrogens is 453 g/mol. The summed E-state index contributed by atoms with van der Waals surface area (Å²) in [5, 5.41) is 2.78. The van der Waals surface area contributed by atoms with Crippen LogP contribution in [0.5, 0.6) is 0 Å². The summed E-state index contributed by atoms with van der Waals surface area (Å²) in [7, 11) is -3.75. The van der Waals surface area contributed by atoms with Gasteiger partial charge in [-0.3, -0.25) is 4.79 Å². The predicted octanol–water partition coefficient (Wildman–Crippen LogP) is 4.41.